The molecule has 8 nitrogen and oxygen atoms in total. The summed E-state index contributed by atoms with van der Waals surface area (Å²) in [6, 6.07) is 15.0. The number of methoxy groups -OCH3 is 1. The van der Waals surface area contributed by atoms with E-state index in [1.54, 1.807) is 7.11 Å². The molecule has 0 unspecified atom stereocenters. The van der Waals surface area contributed by atoms with Gasteiger partial charge in [-0.05, 0) is 55.2 Å². The third-order valence-corrected chi connectivity index (χ3v) is 8.52. The summed E-state index contributed by atoms with van der Waals surface area (Å²) in [7, 11) is -1.82. The monoisotopic (exact) mass is 486 g/mol. The summed E-state index contributed by atoms with van der Waals surface area (Å²) in [4.78, 5) is 12.7. The molecule has 33 heavy (non-hydrogen) atoms. The summed E-state index contributed by atoms with van der Waals surface area (Å²) in [5, 5.41) is 12.2. The van der Waals surface area contributed by atoms with E-state index < -0.39 is 10.0 Å². The minimum atomic E-state index is -3.43. The third kappa shape index (κ3) is 5.58. The molecule has 2 aromatic carbocycles. The van der Waals surface area contributed by atoms with E-state index in [0.717, 1.165) is 22.4 Å². The van der Waals surface area contributed by atoms with E-state index in [2.05, 4.69) is 15.5 Å². The molecular formula is C23H26N4O4S2. The lowest BCUT2D eigenvalue weighted by molar-refractivity contribution is -0.120. The number of carbonyl (C=O) groups excluding carboxylic acids is 1. The van der Waals surface area contributed by atoms with Crippen molar-refractivity contribution < 1.29 is 17.9 Å². The second-order valence-corrected chi connectivity index (χ2v) is 10.9. The van der Waals surface area contributed by atoms with Gasteiger partial charge in [0.1, 0.15) is 10.8 Å². The Morgan fingerprint density at radius 2 is 1.82 bits per heavy atom. The standard InChI is InChI=1S/C23H26N4O4S2/c1-16-5-3-4-6-19(16)15-33(29,30)27-13-11-17(12-14-27)21(28)24-23-26-25-22(32-23)18-7-9-20(31-2)10-8-18/h3-10,17H,11-15H2,1-2H3,(H,24,26,28). The van der Waals surface area contributed by atoms with Gasteiger partial charge in [-0.25, -0.2) is 12.7 Å². The van der Waals surface area contributed by atoms with Gasteiger partial charge in [-0.3, -0.25) is 4.79 Å². The minimum Gasteiger partial charge on any atom is -0.497 e. The molecule has 1 saturated heterocycles. The van der Waals surface area contributed by atoms with Gasteiger partial charge >= 0.3 is 0 Å². The average molecular weight is 487 g/mol. The van der Waals surface area contributed by atoms with Crippen molar-refractivity contribution in [3.8, 4) is 16.3 Å². The number of hydrogen-bond acceptors (Lipinski definition) is 7. The number of piperidine rings is 1. The van der Waals surface area contributed by atoms with Crippen molar-refractivity contribution in [2.24, 2.45) is 5.92 Å². The van der Waals surface area contributed by atoms with E-state index in [0.29, 0.717) is 36.1 Å². The molecule has 0 atom stereocenters. The predicted molar refractivity (Wildman–Crippen MR) is 129 cm³/mol. The fourth-order valence-corrected chi connectivity index (χ4v) is 6.21. The molecule has 1 aliphatic rings. The Labute approximate surface area is 197 Å². The zero-order chi connectivity index (χ0) is 23.4. The first kappa shape index (κ1) is 23.3. The molecule has 4 rings (SSSR count). The van der Waals surface area contributed by atoms with Crippen molar-refractivity contribution >= 4 is 32.4 Å². The second-order valence-electron chi connectivity index (χ2n) is 7.99. The van der Waals surface area contributed by atoms with Crippen LogP contribution in [0.25, 0.3) is 10.6 Å². The number of nitrogens with zero attached hydrogens (tertiary/aromatic N) is 3. The first-order valence-electron chi connectivity index (χ1n) is 10.7. The Morgan fingerprint density at radius 1 is 1.12 bits per heavy atom. The molecule has 0 radical (unpaired) electrons. The van der Waals surface area contributed by atoms with Crippen LogP contribution < -0.4 is 10.1 Å². The van der Waals surface area contributed by atoms with Gasteiger partial charge in [0.25, 0.3) is 0 Å². The van der Waals surface area contributed by atoms with Crippen LogP contribution in [0, 0.1) is 12.8 Å². The lowest BCUT2D eigenvalue weighted by Crippen LogP contribution is -2.41. The Bertz CT molecular complexity index is 1220. The van der Waals surface area contributed by atoms with Crippen LogP contribution in [0.4, 0.5) is 5.13 Å². The topological polar surface area (TPSA) is 101 Å². The zero-order valence-corrected chi connectivity index (χ0v) is 20.2. The van der Waals surface area contributed by atoms with Crippen LogP contribution in [0.15, 0.2) is 48.5 Å². The summed E-state index contributed by atoms with van der Waals surface area (Å²) in [6.07, 6.45) is 0.950. The smallest absolute Gasteiger partial charge is 0.229 e. The lowest BCUT2D eigenvalue weighted by Gasteiger charge is -2.30. The van der Waals surface area contributed by atoms with Gasteiger partial charge in [0, 0.05) is 24.6 Å². The average Bonchev–Trinajstić information content (AvgIpc) is 3.29. The maximum Gasteiger partial charge on any atom is 0.229 e. The van der Waals surface area contributed by atoms with E-state index in [4.69, 9.17) is 4.74 Å². The molecule has 3 aromatic rings. The Morgan fingerprint density at radius 3 is 2.48 bits per heavy atom. The van der Waals surface area contributed by atoms with Gasteiger partial charge in [-0.2, -0.15) is 0 Å². The molecule has 0 spiro atoms. The molecule has 10 heteroatoms. The number of rotatable bonds is 7. The zero-order valence-electron chi connectivity index (χ0n) is 18.5. The summed E-state index contributed by atoms with van der Waals surface area (Å²) in [5.74, 6) is 0.325. The molecule has 2 heterocycles. The molecule has 1 aliphatic heterocycles. The number of amides is 1. The van der Waals surface area contributed by atoms with Crippen LogP contribution in [0.2, 0.25) is 0 Å². The minimum absolute atomic E-state index is 0.0184. The van der Waals surface area contributed by atoms with Crippen LogP contribution in [-0.4, -0.2) is 49.0 Å². The number of aryl methyl sites for hydroxylation is 1. The number of sulfonamides is 1. The van der Waals surface area contributed by atoms with Crippen molar-refractivity contribution in [2.75, 3.05) is 25.5 Å². The predicted octanol–water partition coefficient (Wildman–Crippen LogP) is 3.70. The fraction of sp³-hybridized carbons (Fsp3) is 0.348. The third-order valence-electron chi connectivity index (χ3n) is 5.81. The fourth-order valence-electron chi connectivity index (χ4n) is 3.79. The van der Waals surface area contributed by atoms with Crippen molar-refractivity contribution in [1.82, 2.24) is 14.5 Å². The van der Waals surface area contributed by atoms with Crippen LogP contribution in [-0.2, 0) is 20.6 Å². The lowest BCUT2D eigenvalue weighted by atomic mass is 9.97. The van der Waals surface area contributed by atoms with E-state index in [1.165, 1.54) is 15.6 Å². The highest BCUT2D eigenvalue weighted by atomic mass is 32.2. The Kier molecular flexibility index (Phi) is 7.06. The van der Waals surface area contributed by atoms with Crippen LogP contribution in [0.5, 0.6) is 5.75 Å². The molecular weight excluding hydrogens is 460 g/mol. The number of anilines is 1. The number of nitrogens with one attached hydrogen (secondary N) is 1. The molecule has 1 fully saturated rings. The number of ether oxygens (including phenoxy) is 1. The summed E-state index contributed by atoms with van der Waals surface area (Å²) < 4.78 is 32.4. The van der Waals surface area contributed by atoms with Crippen LogP contribution >= 0.6 is 11.3 Å². The van der Waals surface area contributed by atoms with Crippen LogP contribution in [0.3, 0.4) is 0 Å². The SMILES string of the molecule is COc1ccc(-c2nnc(NC(=O)C3CCN(S(=O)(=O)Cc4ccccc4C)CC3)s2)cc1. The molecule has 174 valence electrons. The Hall–Kier alpha value is -2.82. The molecule has 0 bridgehead atoms. The highest BCUT2D eigenvalue weighted by molar-refractivity contribution is 7.88. The molecule has 1 aromatic heterocycles. The summed E-state index contributed by atoms with van der Waals surface area (Å²) in [6.45, 7) is 2.58. The maximum absolute atomic E-state index is 12.9. The van der Waals surface area contributed by atoms with Gasteiger partial charge in [0.2, 0.25) is 21.1 Å². The van der Waals surface area contributed by atoms with E-state index >= 15 is 0 Å². The second kappa shape index (κ2) is 9.98. The van der Waals surface area contributed by atoms with Crippen LogP contribution in [0.1, 0.15) is 24.0 Å². The van der Waals surface area contributed by atoms with Gasteiger partial charge in [0.05, 0.1) is 12.9 Å². The molecule has 1 amide bonds. The van der Waals surface area contributed by atoms with E-state index in [1.807, 2.05) is 55.5 Å². The Balaban J connectivity index is 1.32. The number of carbonyl (C=O) groups is 1. The van der Waals surface area contributed by atoms with E-state index in [-0.39, 0.29) is 17.6 Å². The van der Waals surface area contributed by atoms with Gasteiger partial charge < -0.3 is 10.1 Å². The first-order chi connectivity index (χ1) is 15.9. The quantitative estimate of drug-likeness (QED) is 0.546. The van der Waals surface area contributed by atoms with Crippen molar-refractivity contribution in [3.63, 3.8) is 0 Å². The van der Waals surface area contributed by atoms with Gasteiger partial charge in [-0.15, -0.1) is 10.2 Å². The summed E-state index contributed by atoms with van der Waals surface area (Å²) >= 11 is 1.30. The highest BCUT2D eigenvalue weighted by Crippen LogP contribution is 2.29. The normalized spacial score (nSPS) is 15.3. The number of aromatic nitrogens is 2. The summed E-state index contributed by atoms with van der Waals surface area (Å²) in [5.41, 5.74) is 2.66. The largest absolute Gasteiger partial charge is 0.497 e. The highest BCUT2D eigenvalue weighted by Gasteiger charge is 2.31. The molecule has 1 N–H and O–H groups in total. The van der Waals surface area contributed by atoms with Crippen molar-refractivity contribution in [2.45, 2.75) is 25.5 Å². The molecule has 0 saturated carbocycles. The van der Waals surface area contributed by atoms with Crippen molar-refractivity contribution in [1.29, 1.82) is 0 Å². The van der Waals surface area contributed by atoms with Gasteiger partial charge in [-0.1, -0.05) is 35.6 Å². The number of hydrogen-bond donors (Lipinski definition) is 1. The van der Waals surface area contributed by atoms with Gasteiger partial charge in [0.15, 0.2) is 0 Å². The molecule has 0 aliphatic carbocycles. The van der Waals surface area contributed by atoms with Crippen molar-refractivity contribution in [3.05, 3.63) is 59.7 Å². The first-order valence-corrected chi connectivity index (χ1v) is 13.1. The maximum atomic E-state index is 12.9. The van der Waals surface area contributed by atoms with E-state index in [9.17, 15) is 13.2 Å². The number of benzene rings is 2.